The third-order valence-electron chi connectivity index (χ3n) is 4.35. The van der Waals surface area contributed by atoms with Crippen LogP contribution >= 0.6 is 0 Å². The fourth-order valence-electron chi connectivity index (χ4n) is 3.01. The summed E-state index contributed by atoms with van der Waals surface area (Å²) >= 11 is 0. The van der Waals surface area contributed by atoms with Gasteiger partial charge in [0.2, 0.25) is 0 Å². The van der Waals surface area contributed by atoms with Gasteiger partial charge in [-0.1, -0.05) is 12.7 Å². The fraction of sp³-hybridized carbons (Fsp3) is 0.238. The van der Waals surface area contributed by atoms with Crippen molar-refractivity contribution in [2.45, 2.75) is 25.4 Å². The first-order valence-electron chi connectivity index (χ1n) is 8.94. The number of carboxylic acid groups (broad SMARTS) is 3. The average Bonchev–Trinajstić information content (AvgIpc) is 2.72. The second kappa shape index (κ2) is 10.1. The predicted octanol–water partition coefficient (Wildman–Crippen LogP) is 3.19. The van der Waals surface area contributed by atoms with Gasteiger partial charge < -0.3 is 24.8 Å². The van der Waals surface area contributed by atoms with E-state index >= 15 is 0 Å². The van der Waals surface area contributed by atoms with Crippen LogP contribution in [0.1, 0.15) is 62.0 Å². The van der Waals surface area contributed by atoms with Gasteiger partial charge in [-0.25, -0.2) is 19.2 Å². The smallest absolute Gasteiger partial charge is 0.337 e. The van der Waals surface area contributed by atoms with Gasteiger partial charge in [0.05, 0.1) is 29.6 Å². The molecule has 9 nitrogen and oxygen atoms in total. The maximum atomic E-state index is 11.8. The maximum absolute atomic E-state index is 11.8. The van der Waals surface area contributed by atoms with Crippen molar-refractivity contribution < 1.29 is 44.0 Å². The summed E-state index contributed by atoms with van der Waals surface area (Å²) < 4.78 is 10.4. The van der Waals surface area contributed by atoms with Crippen LogP contribution < -0.4 is 0 Å². The summed E-state index contributed by atoms with van der Waals surface area (Å²) in [5.74, 6) is -4.99. The molecule has 0 radical (unpaired) electrons. The first kappa shape index (κ1) is 22.4. The Morgan fingerprint density at radius 2 is 1.80 bits per heavy atom. The first-order chi connectivity index (χ1) is 14.3. The lowest BCUT2D eigenvalue weighted by Crippen LogP contribution is -2.18. The predicted molar refractivity (Wildman–Crippen MR) is 103 cm³/mol. The summed E-state index contributed by atoms with van der Waals surface area (Å²) in [5.41, 5.74) is -0.950. The van der Waals surface area contributed by atoms with Gasteiger partial charge in [0.25, 0.3) is 0 Å². The number of benzene rings is 1. The van der Waals surface area contributed by atoms with Crippen LogP contribution in [0.2, 0.25) is 0 Å². The lowest BCUT2D eigenvalue weighted by molar-refractivity contribution is -0.137. The lowest BCUT2D eigenvalue weighted by Gasteiger charge is -2.25. The summed E-state index contributed by atoms with van der Waals surface area (Å²) in [7, 11) is 0. The molecule has 1 aliphatic heterocycles. The van der Waals surface area contributed by atoms with Crippen LogP contribution in [0.3, 0.4) is 0 Å². The number of unbranched alkanes of at least 4 members (excludes halogenated alkanes) is 1. The van der Waals surface area contributed by atoms with Crippen molar-refractivity contribution in [2.75, 3.05) is 6.61 Å². The molecule has 9 heteroatoms. The minimum Gasteiger partial charge on any atom is -0.489 e. The number of esters is 1. The van der Waals surface area contributed by atoms with E-state index in [1.54, 1.807) is 12.2 Å². The molecule has 0 saturated heterocycles. The second-order valence-corrected chi connectivity index (χ2v) is 6.32. The molecule has 1 unspecified atom stereocenters. The number of hydrogen-bond acceptors (Lipinski definition) is 6. The summed E-state index contributed by atoms with van der Waals surface area (Å²) in [6.45, 7) is 3.48. The number of ether oxygens (including phenoxy) is 2. The highest BCUT2D eigenvalue weighted by Gasteiger charge is 2.30. The van der Waals surface area contributed by atoms with Gasteiger partial charge in [-0.3, -0.25) is 0 Å². The third-order valence-corrected chi connectivity index (χ3v) is 4.35. The maximum Gasteiger partial charge on any atom is 0.337 e. The van der Waals surface area contributed by atoms with E-state index in [9.17, 15) is 34.5 Å². The third kappa shape index (κ3) is 5.34. The highest BCUT2D eigenvalue weighted by Crippen LogP contribution is 2.36. The first-order valence-corrected chi connectivity index (χ1v) is 8.94. The molecule has 2 rings (SSSR count). The van der Waals surface area contributed by atoms with E-state index in [1.165, 1.54) is 6.26 Å². The minimum absolute atomic E-state index is 0.0616. The molecule has 0 aromatic heterocycles. The van der Waals surface area contributed by atoms with Crippen molar-refractivity contribution in [3.05, 3.63) is 71.0 Å². The average molecular weight is 416 g/mol. The Balaban J connectivity index is 2.34. The van der Waals surface area contributed by atoms with Crippen LogP contribution in [0.25, 0.3) is 0 Å². The fourth-order valence-corrected chi connectivity index (χ4v) is 3.01. The molecule has 0 aliphatic carbocycles. The number of carboxylic acids is 3. The van der Waals surface area contributed by atoms with Crippen molar-refractivity contribution in [3.8, 4) is 0 Å². The van der Waals surface area contributed by atoms with E-state index in [1.807, 2.05) is 0 Å². The van der Waals surface area contributed by atoms with Gasteiger partial charge in [0.1, 0.15) is 6.10 Å². The van der Waals surface area contributed by atoms with E-state index in [4.69, 9.17) is 9.47 Å². The molecule has 0 saturated carbocycles. The Morgan fingerprint density at radius 1 is 1.07 bits per heavy atom. The number of carbonyl (C=O) groups is 4. The molecule has 1 heterocycles. The molecular formula is C21H20O9. The van der Waals surface area contributed by atoms with Gasteiger partial charge >= 0.3 is 23.9 Å². The SMILES string of the molecule is C=CC(=O)OCCCCC1=CC=COC1c1cc(C(=O)O)cc(C(=O)O)c1C(=O)O. The largest absolute Gasteiger partial charge is 0.489 e. The quantitative estimate of drug-likeness (QED) is 0.297. The standard InChI is InChI=1S/C21H20O9/c1-2-16(22)29-8-4-3-6-12-7-5-9-30-18(12)14-10-13(19(23)24)11-15(20(25)26)17(14)21(27)28/h2,5,7,9-11,18H,1,3-4,6,8H2,(H,23,24)(H,25,26)(H,27,28). The van der Waals surface area contributed by atoms with Crippen molar-refractivity contribution in [2.24, 2.45) is 0 Å². The van der Waals surface area contributed by atoms with Crippen LogP contribution in [0, 0.1) is 0 Å². The number of carbonyl (C=O) groups excluding carboxylic acids is 1. The summed E-state index contributed by atoms with van der Waals surface area (Å²) in [5, 5.41) is 28.3. The normalized spacial score (nSPS) is 14.9. The van der Waals surface area contributed by atoms with Crippen molar-refractivity contribution in [3.63, 3.8) is 0 Å². The summed E-state index contributed by atoms with van der Waals surface area (Å²) in [6.07, 6.45) is 6.23. The van der Waals surface area contributed by atoms with Gasteiger partial charge in [-0.2, -0.15) is 0 Å². The zero-order valence-corrected chi connectivity index (χ0v) is 15.9. The van der Waals surface area contributed by atoms with Crippen LogP contribution in [0.15, 0.2) is 48.8 Å². The Bertz CT molecular complexity index is 940. The van der Waals surface area contributed by atoms with E-state index in [-0.39, 0.29) is 17.7 Å². The lowest BCUT2D eigenvalue weighted by atomic mass is 9.88. The van der Waals surface area contributed by atoms with Crippen LogP contribution in [0.4, 0.5) is 0 Å². The van der Waals surface area contributed by atoms with Gasteiger partial charge in [-0.05, 0) is 43.0 Å². The molecule has 0 fully saturated rings. The Morgan fingerprint density at radius 3 is 2.40 bits per heavy atom. The molecule has 0 spiro atoms. The molecule has 1 aromatic rings. The van der Waals surface area contributed by atoms with Crippen LogP contribution in [0.5, 0.6) is 0 Å². The van der Waals surface area contributed by atoms with Crippen molar-refractivity contribution in [1.29, 1.82) is 0 Å². The second-order valence-electron chi connectivity index (χ2n) is 6.32. The Kier molecular flexibility index (Phi) is 7.51. The van der Waals surface area contributed by atoms with Crippen molar-refractivity contribution >= 4 is 23.9 Å². The van der Waals surface area contributed by atoms with Crippen molar-refractivity contribution in [1.82, 2.24) is 0 Å². The molecule has 1 aromatic carbocycles. The van der Waals surface area contributed by atoms with Gasteiger partial charge in [0.15, 0.2) is 0 Å². The monoisotopic (exact) mass is 416 g/mol. The molecule has 30 heavy (non-hydrogen) atoms. The molecule has 1 aliphatic rings. The number of hydrogen-bond donors (Lipinski definition) is 3. The molecule has 1 atom stereocenters. The zero-order chi connectivity index (χ0) is 22.3. The Hall–Kier alpha value is -3.88. The zero-order valence-electron chi connectivity index (χ0n) is 15.9. The van der Waals surface area contributed by atoms with E-state index in [2.05, 4.69) is 6.58 Å². The Labute approximate surface area is 171 Å². The number of allylic oxidation sites excluding steroid dienone is 2. The highest BCUT2D eigenvalue weighted by molar-refractivity contribution is 6.05. The molecular weight excluding hydrogens is 396 g/mol. The number of rotatable bonds is 10. The topological polar surface area (TPSA) is 147 Å². The van der Waals surface area contributed by atoms with E-state index < -0.39 is 41.1 Å². The highest BCUT2D eigenvalue weighted by atomic mass is 16.5. The van der Waals surface area contributed by atoms with E-state index in [0.717, 1.165) is 18.2 Å². The number of aromatic carboxylic acids is 3. The molecule has 158 valence electrons. The summed E-state index contributed by atoms with van der Waals surface area (Å²) in [4.78, 5) is 45.9. The molecule has 0 amide bonds. The van der Waals surface area contributed by atoms with Crippen LogP contribution in [-0.4, -0.2) is 45.8 Å². The molecule has 3 N–H and O–H groups in total. The minimum atomic E-state index is -1.56. The van der Waals surface area contributed by atoms with E-state index in [0.29, 0.717) is 24.8 Å². The van der Waals surface area contributed by atoms with Gasteiger partial charge in [0, 0.05) is 11.6 Å². The summed E-state index contributed by atoms with van der Waals surface area (Å²) in [6, 6.07) is 1.93. The van der Waals surface area contributed by atoms with Crippen LogP contribution in [-0.2, 0) is 14.3 Å². The molecule has 0 bridgehead atoms. The van der Waals surface area contributed by atoms with Gasteiger partial charge in [-0.15, -0.1) is 0 Å².